The molecule has 1 aliphatic heterocycles. The van der Waals surface area contributed by atoms with E-state index in [4.69, 9.17) is 15.2 Å². The van der Waals surface area contributed by atoms with Gasteiger partial charge in [-0.25, -0.2) is 9.78 Å². The van der Waals surface area contributed by atoms with Gasteiger partial charge in [-0.3, -0.25) is 4.79 Å². The quantitative estimate of drug-likeness (QED) is 0.768. The zero-order valence-corrected chi connectivity index (χ0v) is 13.4. The van der Waals surface area contributed by atoms with Gasteiger partial charge in [-0.1, -0.05) is 0 Å². The Morgan fingerprint density at radius 3 is 2.52 bits per heavy atom. The summed E-state index contributed by atoms with van der Waals surface area (Å²) >= 11 is 0. The Morgan fingerprint density at radius 1 is 1.16 bits per heavy atom. The molecular weight excluding hydrogens is 324 g/mol. The number of nitrogens with two attached hydrogens (primary N) is 1. The van der Waals surface area contributed by atoms with E-state index in [9.17, 15) is 9.59 Å². The van der Waals surface area contributed by atoms with Crippen LogP contribution in [0.2, 0.25) is 0 Å². The maximum absolute atomic E-state index is 12.4. The molecule has 130 valence electrons. The number of carbonyl (C=O) groups is 2. The Balaban J connectivity index is 1.63. The zero-order valence-electron chi connectivity index (χ0n) is 13.4. The first-order valence-corrected chi connectivity index (χ1v) is 7.78. The van der Waals surface area contributed by atoms with Gasteiger partial charge >= 0.3 is 6.03 Å². The van der Waals surface area contributed by atoms with Crippen LogP contribution in [0.3, 0.4) is 0 Å². The fourth-order valence-electron chi connectivity index (χ4n) is 2.37. The number of nitrogens with zero attached hydrogens (tertiary/aromatic N) is 1. The van der Waals surface area contributed by atoms with Crippen molar-refractivity contribution in [1.82, 2.24) is 4.98 Å². The van der Waals surface area contributed by atoms with Crippen molar-refractivity contribution in [3.63, 3.8) is 0 Å². The number of rotatable bonds is 5. The van der Waals surface area contributed by atoms with Crippen LogP contribution in [0.25, 0.3) is 0 Å². The van der Waals surface area contributed by atoms with Crippen LogP contribution in [0.5, 0.6) is 5.88 Å². The number of hydrogen-bond donors (Lipinski definition) is 3. The number of benzene rings is 1. The Bertz CT molecular complexity index is 757. The average Bonchev–Trinajstić information content (AvgIpc) is 3.09. The van der Waals surface area contributed by atoms with E-state index in [0.29, 0.717) is 36.0 Å². The minimum Gasteiger partial charge on any atom is -0.472 e. The third-order valence-corrected chi connectivity index (χ3v) is 3.58. The van der Waals surface area contributed by atoms with Crippen molar-refractivity contribution in [3.05, 3.63) is 48.2 Å². The standard InChI is InChI=1S/C17H18N4O4/c18-17(23)21-13-3-1-12(2-4-13)20-16(22)11-5-7-19-15(9-11)25-14-6-8-24-10-14/h1-5,7,9,14H,6,8,10H2,(H,20,22)(H3,18,21,23). The summed E-state index contributed by atoms with van der Waals surface area (Å²) in [6.07, 6.45) is 2.31. The molecule has 1 fully saturated rings. The van der Waals surface area contributed by atoms with Gasteiger partial charge in [-0.05, 0) is 30.3 Å². The number of carbonyl (C=O) groups excluding carboxylic acids is 2. The van der Waals surface area contributed by atoms with Crippen LogP contribution in [0.4, 0.5) is 16.2 Å². The minimum absolute atomic E-state index is 0.0314. The second kappa shape index (κ2) is 7.63. The maximum Gasteiger partial charge on any atom is 0.316 e. The normalized spacial score (nSPS) is 16.2. The molecule has 0 spiro atoms. The molecule has 25 heavy (non-hydrogen) atoms. The van der Waals surface area contributed by atoms with E-state index < -0.39 is 6.03 Å². The molecule has 0 radical (unpaired) electrons. The van der Waals surface area contributed by atoms with Crippen molar-refractivity contribution in [2.24, 2.45) is 5.73 Å². The molecule has 1 saturated heterocycles. The van der Waals surface area contributed by atoms with Gasteiger partial charge in [0.2, 0.25) is 5.88 Å². The van der Waals surface area contributed by atoms with E-state index in [1.165, 1.54) is 6.20 Å². The van der Waals surface area contributed by atoms with Crippen molar-refractivity contribution in [2.45, 2.75) is 12.5 Å². The summed E-state index contributed by atoms with van der Waals surface area (Å²) < 4.78 is 11.0. The van der Waals surface area contributed by atoms with E-state index >= 15 is 0 Å². The Labute approximate surface area is 144 Å². The Kier molecular flexibility index (Phi) is 5.10. The predicted octanol–water partition coefficient (Wildman–Crippen LogP) is 1.99. The van der Waals surface area contributed by atoms with E-state index in [2.05, 4.69) is 15.6 Å². The molecule has 4 N–H and O–H groups in total. The van der Waals surface area contributed by atoms with Crippen molar-refractivity contribution < 1.29 is 19.1 Å². The van der Waals surface area contributed by atoms with Gasteiger partial charge in [0.15, 0.2) is 0 Å². The van der Waals surface area contributed by atoms with Gasteiger partial charge in [0.05, 0.1) is 13.2 Å². The third-order valence-electron chi connectivity index (χ3n) is 3.58. The SMILES string of the molecule is NC(=O)Nc1ccc(NC(=O)c2ccnc(OC3CCOC3)c2)cc1. The summed E-state index contributed by atoms with van der Waals surface area (Å²) in [6, 6.07) is 9.17. The highest BCUT2D eigenvalue weighted by Crippen LogP contribution is 2.18. The number of amides is 3. The van der Waals surface area contributed by atoms with Crippen molar-refractivity contribution in [2.75, 3.05) is 23.8 Å². The molecule has 0 aliphatic carbocycles. The second-order valence-electron chi connectivity index (χ2n) is 5.51. The summed E-state index contributed by atoms with van der Waals surface area (Å²) in [5.74, 6) is 0.106. The van der Waals surface area contributed by atoms with E-state index in [1.807, 2.05) is 0 Å². The highest BCUT2D eigenvalue weighted by atomic mass is 16.5. The molecule has 0 bridgehead atoms. The fraction of sp³-hybridized carbons (Fsp3) is 0.235. The third kappa shape index (κ3) is 4.67. The minimum atomic E-state index is -0.645. The summed E-state index contributed by atoms with van der Waals surface area (Å²) in [5, 5.41) is 5.22. The van der Waals surface area contributed by atoms with Crippen LogP contribution < -0.4 is 21.1 Å². The molecule has 3 amide bonds. The summed E-state index contributed by atoms with van der Waals surface area (Å²) in [4.78, 5) is 27.3. The molecule has 1 unspecified atom stereocenters. The molecule has 8 heteroatoms. The van der Waals surface area contributed by atoms with Crippen LogP contribution in [0.1, 0.15) is 16.8 Å². The molecule has 3 rings (SSSR count). The lowest BCUT2D eigenvalue weighted by molar-refractivity contribution is 0.102. The number of ether oxygens (including phenoxy) is 2. The van der Waals surface area contributed by atoms with Crippen LogP contribution >= 0.6 is 0 Å². The predicted molar refractivity (Wildman–Crippen MR) is 91.7 cm³/mol. The first-order valence-electron chi connectivity index (χ1n) is 7.78. The molecule has 0 saturated carbocycles. The lowest BCUT2D eigenvalue weighted by Crippen LogP contribution is -2.19. The highest BCUT2D eigenvalue weighted by molar-refractivity contribution is 6.04. The zero-order chi connectivity index (χ0) is 17.6. The van der Waals surface area contributed by atoms with Crippen LogP contribution in [-0.4, -0.2) is 36.2 Å². The van der Waals surface area contributed by atoms with Gasteiger partial charge in [0, 0.05) is 35.6 Å². The number of hydrogen-bond acceptors (Lipinski definition) is 5. The lowest BCUT2D eigenvalue weighted by Gasteiger charge is -2.11. The van der Waals surface area contributed by atoms with Crippen LogP contribution in [-0.2, 0) is 4.74 Å². The molecule has 1 atom stereocenters. The molecule has 1 aliphatic rings. The lowest BCUT2D eigenvalue weighted by atomic mass is 10.2. The fourth-order valence-corrected chi connectivity index (χ4v) is 2.37. The van der Waals surface area contributed by atoms with Gasteiger partial charge in [-0.2, -0.15) is 0 Å². The van der Waals surface area contributed by atoms with Gasteiger partial charge in [-0.15, -0.1) is 0 Å². The number of anilines is 2. The summed E-state index contributed by atoms with van der Waals surface area (Å²) in [5.41, 5.74) is 6.61. The largest absolute Gasteiger partial charge is 0.472 e. The van der Waals surface area contributed by atoms with Gasteiger partial charge in [0.25, 0.3) is 5.91 Å². The Morgan fingerprint density at radius 2 is 1.88 bits per heavy atom. The first-order chi connectivity index (χ1) is 12.1. The van der Waals surface area contributed by atoms with Crippen molar-refractivity contribution >= 4 is 23.3 Å². The van der Waals surface area contributed by atoms with Gasteiger partial charge in [0.1, 0.15) is 6.10 Å². The van der Waals surface area contributed by atoms with Crippen molar-refractivity contribution in [3.8, 4) is 5.88 Å². The summed E-state index contributed by atoms with van der Waals surface area (Å²) in [7, 11) is 0. The maximum atomic E-state index is 12.4. The molecule has 1 aromatic heterocycles. The smallest absolute Gasteiger partial charge is 0.316 e. The highest BCUT2D eigenvalue weighted by Gasteiger charge is 2.18. The van der Waals surface area contributed by atoms with Crippen LogP contribution in [0.15, 0.2) is 42.6 Å². The van der Waals surface area contributed by atoms with E-state index in [-0.39, 0.29) is 12.0 Å². The number of primary amides is 1. The number of pyridine rings is 1. The second-order valence-corrected chi connectivity index (χ2v) is 5.51. The van der Waals surface area contributed by atoms with E-state index in [1.54, 1.807) is 36.4 Å². The topological polar surface area (TPSA) is 116 Å². The monoisotopic (exact) mass is 342 g/mol. The molecule has 2 aromatic rings. The number of urea groups is 1. The first kappa shape index (κ1) is 16.7. The molecule has 2 heterocycles. The Hall–Kier alpha value is -3.13. The number of nitrogens with one attached hydrogen (secondary N) is 2. The molecule has 1 aromatic carbocycles. The van der Waals surface area contributed by atoms with Crippen LogP contribution in [0, 0.1) is 0 Å². The molecular formula is C17H18N4O4. The average molecular weight is 342 g/mol. The van der Waals surface area contributed by atoms with E-state index in [0.717, 1.165) is 6.42 Å². The van der Waals surface area contributed by atoms with Crippen molar-refractivity contribution in [1.29, 1.82) is 0 Å². The van der Waals surface area contributed by atoms with Gasteiger partial charge < -0.3 is 25.8 Å². The number of aromatic nitrogens is 1. The molecule has 8 nitrogen and oxygen atoms in total. The summed E-state index contributed by atoms with van der Waals surface area (Å²) in [6.45, 7) is 1.20.